The first kappa shape index (κ1) is 28.1. The molecule has 2 aliphatic rings. The van der Waals surface area contributed by atoms with E-state index in [1.54, 1.807) is 43.3 Å². The van der Waals surface area contributed by atoms with Crippen molar-refractivity contribution in [2.24, 2.45) is 0 Å². The fraction of sp³-hybridized carbons (Fsp3) is 0.414. The quantitative estimate of drug-likeness (QED) is 0.253. The number of aliphatic carboxylic acids is 1. The highest BCUT2D eigenvalue weighted by Crippen LogP contribution is 2.50. The molecule has 2 atom stereocenters. The monoisotopic (exact) mass is 548 g/mol. The van der Waals surface area contributed by atoms with Crippen LogP contribution < -0.4 is 0 Å². The Bertz CT molecular complexity index is 1440. The maximum absolute atomic E-state index is 13.4. The molecule has 0 aliphatic heterocycles. The van der Waals surface area contributed by atoms with Gasteiger partial charge in [-0.25, -0.2) is 8.98 Å². The Morgan fingerprint density at radius 3 is 2.08 bits per heavy atom. The first-order valence-corrected chi connectivity index (χ1v) is 13.7. The van der Waals surface area contributed by atoms with Gasteiger partial charge in [0.2, 0.25) is 5.60 Å². The van der Waals surface area contributed by atoms with Crippen LogP contribution in [0.2, 0.25) is 0 Å². The summed E-state index contributed by atoms with van der Waals surface area (Å²) in [5.41, 5.74) is -5.60. The molecule has 38 heavy (non-hydrogen) atoms. The minimum absolute atomic E-state index is 0.159. The van der Waals surface area contributed by atoms with Gasteiger partial charge in [0.15, 0.2) is 0 Å². The van der Waals surface area contributed by atoms with Crippen molar-refractivity contribution in [2.45, 2.75) is 75.3 Å². The van der Waals surface area contributed by atoms with Crippen molar-refractivity contribution >= 4 is 21.7 Å². The predicted octanol–water partition coefficient (Wildman–Crippen LogP) is 6.77. The largest absolute Gasteiger partial charge is 0.523 e. The molecule has 0 saturated heterocycles. The number of fused-ring (bicyclic) bond motifs is 1. The number of carboxylic acids is 1. The number of benzene rings is 2. The smallest absolute Gasteiger partial charge is 0.479 e. The van der Waals surface area contributed by atoms with E-state index in [0.717, 1.165) is 35.6 Å². The van der Waals surface area contributed by atoms with Crippen molar-refractivity contribution in [2.75, 3.05) is 0 Å². The first-order chi connectivity index (χ1) is 17.4. The molecule has 2 unspecified atom stereocenters. The first-order valence-electron chi connectivity index (χ1n) is 12.3. The van der Waals surface area contributed by atoms with E-state index in [1.165, 1.54) is 12.2 Å². The van der Waals surface area contributed by atoms with Crippen LogP contribution in [-0.4, -0.2) is 30.6 Å². The van der Waals surface area contributed by atoms with Crippen LogP contribution in [0.25, 0.3) is 5.57 Å². The van der Waals surface area contributed by atoms with Crippen LogP contribution in [0, 0.1) is 6.92 Å². The van der Waals surface area contributed by atoms with E-state index in [0.29, 0.717) is 11.1 Å². The van der Waals surface area contributed by atoms with E-state index in [-0.39, 0.29) is 16.4 Å². The summed E-state index contributed by atoms with van der Waals surface area (Å²) in [5, 5.41) is 10.3. The zero-order chi connectivity index (χ0) is 28.3. The minimum atomic E-state index is -6.27. The molecule has 0 heterocycles. The van der Waals surface area contributed by atoms with Gasteiger partial charge < -0.3 is 5.11 Å². The van der Waals surface area contributed by atoms with Gasteiger partial charge >= 0.3 is 21.6 Å². The molecule has 0 amide bonds. The molecule has 204 valence electrons. The highest BCUT2D eigenvalue weighted by atomic mass is 32.2. The molecule has 9 heteroatoms. The molecule has 4 rings (SSSR count). The van der Waals surface area contributed by atoms with Gasteiger partial charge in [0.1, 0.15) is 0 Å². The molecule has 0 aromatic heterocycles. The Labute approximate surface area is 221 Å². The van der Waals surface area contributed by atoms with Crippen molar-refractivity contribution in [1.82, 2.24) is 0 Å². The van der Waals surface area contributed by atoms with Crippen LogP contribution in [0.5, 0.6) is 0 Å². The van der Waals surface area contributed by atoms with Gasteiger partial charge in [-0.1, -0.05) is 82.3 Å². The molecular formula is C29H31F3O5S. The Balaban J connectivity index is 2.02. The normalized spacial score (nSPS) is 24.4. The van der Waals surface area contributed by atoms with E-state index >= 15 is 0 Å². The summed E-state index contributed by atoms with van der Waals surface area (Å²) in [6.45, 7) is 10.1. The summed E-state index contributed by atoms with van der Waals surface area (Å²) in [6.07, 6.45) is 5.55. The van der Waals surface area contributed by atoms with E-state index < -0.39 is 33.1 Å². The van der Waals surface area contributed by atoms with Crippen LogP contribution in [0.15, 0.2) is 60.7 Å². The number of aryl methyl sites for hydroxylation is 1. The molecule has 0 saturated carbocycles. The van der Waals surface area contributed by atoms with Crippen LogP contribution in [0.1, 0.15) is 74.3 Å². The topological polar surface area (TPSA) is 80.7 Å². The van der Waals surface area contributed by atoms with E-state index in [4.69, 9.17) is 0 Å². The lowest BCUT2D eigenvalue weighted by atomic mass is 9.62. The lowest BCUT2D eigenvalue weighted by Crippen LogP contribution is -2.47. The SMILES string of the molecule is Cc1cc2c(cc1C1=CC(c3ccccc3)C=CC1(OS(=O)(=O)C(F)(F)F)C(=O)O)C(C)(C)CCC2(C)C. The zero-order valence-corrected chi connectivity index (χ0v) is 22.7. The summed E-state index contributed by atoms with van der Waals surface area (Å²) >= 11 is 0. The second-order valence-corrected chi connectivity index (χ2v) is 12.9. The van der Waals surface area contributed by atoms with E-state index in [1.807, 2.05) is 6.07 Å². The third-order valence-electron chi connectivity index (χ3n) is 7.80. The fourth-order valence-corrected chi connectivity index (χ4v) is 6.04. The molecule has 0 spiro atoms. The minimum Gasteiger partial charge on any atom is -0.479 e. The number of allylic oxidation sites excluding steroid dienone is 2. The molecule has 5 nitrogen and oxygen atoms in total. The second-order valence-electron chi connectivity index (χ2n) is 11.4. The Morgan fingerprint density at radius 1 is 1.00 bits per heavy atom. The summed E-state index contributed by atoms with van der Waals surface area (Å²) in [5.74, 6) is -2.38. The Kier molecular flexibility index (Phi) is 6.72. The summed E-state index contributed by atoms with van der Waals surface area (Å²) in [7, 11) is -6.27. The average Bonchev–Trinajstić information content (AvgIpc) is 2.82. The Morgan fingerprint density at radius 2 is 1.55 bits per heavy atom. The van der Waals surface area contributed by atoms with Crippen LogP contribution in [0.3, 0.4) is 0 Å². The van der Waals surface area contributed by atoms with Crippen molar-refractivity contribution in [3.8, 4) is 0 Å². The van der Waals surface area contributed by atoms with Gasteiger partial charge in [0.05, 0.1) is 0 Å². The highest BCUT2D eigenvalue weighted by Gasteiger charge is 2.56. The van der Waals surface area contributed by atoms with Gasteiger partial charge in [-0.15, -0.1) is 0 Å². The molecule has 0 radical (unpaired) electrons. The summed E-state index contributed by atoms with van der Waals surface area (Å²) < 4.78 is 69.3. The highest BCUT2D eigenvalue weighted by molar-refractivity contribution is 7.87. The fourth-order valence-electron chi connectivity index (χ4n) is 5.39. The van der Waals surface area contributed by atoms with Gasteiger partial charge in [-0.3, -0.25) is 0 Å². The number of alkyl halides is 3. The number of hydrogen-bond donors (Lipinski definition) is 1. The predicted molar refractivity (Wildman–Crippen MR) is 139 cm³/mol. The van der Waals surface area contributed by atoms with Crippen LogP contribution in [0.4, 0.5) is 13.2 Å². The Hall–Kier alpha value is -2.91. The maximum atomic E-state index is 13.4. The van der Waals surface area contributed by atoms with E-state index in [9.17, 15) is 31.5 Å². The molecule has 1 N–H and O–H groups in total. The third-order valence-corrected chi connectivity index (χ3v) is 8.85. The number of hydrogen-bond acceptors (Lipinski definition) is 4. The van der Waals surface area contributed by atoms with Crippen molar-refractivity contribution in [3.05, 3.63) is 88.5 Å². The van der Waals surface area contributed by atoms with E-state index in [2.05, 4.69) is 31.9 Å². The summed E-state index contributed by atoms with van der Waals surface area (Å²) in [6, 6.07) is 12.7. The number of rotatable bonds is 5. The zero-order valence-electron chi connectivity index (χ0n) is 21.9. The van der Waals surface area contributed by atoms with Gasteiger partial charge in [0.25, 0.3) is 0 Å². The third kappa shape index (κ3) is 4.71. The molecule has 0 fully saturated rings. The lowest BCUT2D eigenvalue weighted by molar-refractivity contribution is -0.147. The van der Waals surface area contributed by atoms with Crippen LogP contribution in [-0.2, 0) is 29.9 Å². The average molecular weight is 549 g/mol. The molecule has 2 aliphatic carbocycles. The molecule has 0 bridgehead atoms. The molecular weight excluding hydrogens is 517 g/mol. The number of carbonyl (C=O) groups is 1. The number of halogens is 3. The summed E-state index contributed by atoms with van der Waals surface area (Å²) in [4.78, 5) is 12.7. The second kappa shape index (κ2) is 9.09. The van der Waals surface area contributed by atoms with Gasteiger partial charge in [0, 0.05) is 11.5 Å². The van der Waals surface area contributed by atoms with Crippen molar-refractivity contribution < 1.29 is 35.7 Å². The van der Waals surface area contributed by atoms with Crippen molar-refractivity contribution in [1.29, 1.82) is 0 Å². The van der Waals surface area contributed by atoms with Gasteiger partial charge in [-0.05, 0) is 64.5 Å². The number of carboxylic acid groups (broad SMARTS) is 1. The van der Waals surface area contributed by atoms with Crippen molar-refractivity contribution in [3.63, 3.8) is 0 Å². The molecule has 2 aromatic rings. The maximum Gasteiger partial charge on any atom is 0.523 e. The lowest BCUT2D eigenvalue weighted by Gasteiger charge is -2.43. The standard InChI is InChI=1S/C29H31F3O5S/c1-18-15-23-24(27(4,5)14-13-26(23,2)3)17-21(18)22-16-20(19-9-7-6-8-10-19)11-12-28(22,25(33)34)37-38(35,36)29(30,31)32/h6-12,15-17,20H,13-14H2,1-5H3,(H,33,34). The van der Waals surface area contributed by atoms with Gasteiger partial charge in [-0.2, -0.15) is 21.6 Å². The van der Waals surface area contributed by atoms with Crippen LogP contribution >= 0.6 is 0 Å². The molecule has 2 aromatic carbocycles.